The smallest absolute Gasteiger partial charge is 0.0678 e. The van der Waals surface area contributed by atoms with Crippen molar-refractivity contribution in [1.82, 2.24) is 9.78 Å². The highest BCUT2D eigenvalue weighted by atomic mass is 15.2. The van der Waals surface area contributed by atoms with E-state index >= 15 is 0 Å². The third-order valence-corrected chi connectivity index (χ3v) is 2.69. The summed E-state index contributed by atoms with van der Waals surface area (Å²) in [4.78, 5) is 0. The molecule has 0 spiro atoms. The summed E-state index contributed by atoms with van der Waals surface area (Å²) in [5.74, 6) is 0.696. The highest BCUT2D eigenvalue weighted by molar-refractivity contribution is 5.60. The van der Waals surface area contributed by atoms with Gasteiger partial charge in [-0.1, -0.05) is 32.0 Å². The van der Waals surface area contributed by atoms with Crippen LogP contribution in [0.5, 0.6) is 0 Å². The molecule has 0 aliphatic heterocycles. The average Bonchev–Trinajstić information content (AvgIpc) is 2.64. The van der Waals surface area contributed by atoms with Crippen molar-refractivity contribution in [3.8, 4) is 11.3 Å². The number of aromatic nitrogens is 2. The van der Waals surface area contributed by atoms with Crippen LogP contribution >= 0.6 is 0 Å². The topological polar surface area (TPSA) is 17.8 Å². The van der Waals surface area contributed by atoms with Crippen molar-refractivity contribution in [2.75, 3.05) is 0 Å². The molecule has 0 aliphatic rings. The Kier molecular flexibility index (Phi) is 3.09. The first-order valence-electron chi connectivity index (χ1n) is 5.74. The summed E-state index contributed by atoms with van der Waals surface area (Å²) in [5.41, 5.74) is 3.82. The molecular weight excluding hydrogens is 196 g/mol. The maximum atomic E-state index is 4.20. The fraction of sp³-hybridized carbons (Fsp3) is 0.357. The molecule has 2 aromatic rings. The molecule has 0 N–H and O–H groups in total. The largest absolute Gasteiger partial charge is 0.268 e. The fourth-order valence-electron chi connectivity index (χ4n) is 1.99. The summed E-state index contributed by atoms with van der Waals surface area (Å²) in [6.07, 6.45) is 2.97. The zero-order valence-electron chi connectivity index (χ0n) is 10.1. The third-order valence-electron chi connectivity index (χ3n) is 2.69. The Hall–Kier alpha value is -1.57. The van der Waals surface area contributed by atoms with Crippen LogP contribution in [0.3, 0.4) is 0 Å². The lowest BCUT2D eigenvalue weighted by molar-refractivity contribution is 0.647. The van der Waals surface area contributed by atoms with E-state index in [1.54, 1.807) is 0 Å². The van der Waals surface area contributed by atoms with Crippen LogP contribution in [0.4, 0.5) is 0 Å². The predicted molar refractivity (Wildman–Crippen MR) is 67.2 cm³/mol. The number of benzene rings is 1. The first-order chi connectivity index (χ1) is 7.66. The van der Waals surface area contributed by atoms with Gasteiger partial charge in [-0.2, -0.15) is 5.10 Å². The van der Waals surface area contributed by atoms with Gasteiger partial charge in [0.2, 0.25) is 0 Å². The molecule has 2 rings (SSSR count). The summed E-state index contributed by atoms with van der Waals surface area (Å²) in [6.45, 7) is 4.49. The van der Waals surface area contributed by atoms with Crippen LogP contribution < -0.4 is 0 Å². The third kappa shape index (κ3) is 2.32. The molecule has 1 aromatic carbocycles. The Bertz CT molecular complexity index is 469. The van der Waals surface area contributed by atoms with E-state index in [0.29, 0.717) is 5.92 Å². The van der Waals surface area contributed by atoms with Crippen LogP contribution in [0.25, 0.3) is 11.3 Å². The molecule has 0 saturated heterocycles. The van der Waals surface area contributed by atoms with Crippen molar-refractivity contribution in [2.24, 2.45) is 13.0 Å². The van der Waals surface area contributed by atoms with E-state index in [4.69, 9.17) is 0 Å². The van der Waals surface area contributed by atoms with Gasteiger partial charge in [-0.3, -0.25) is 4.68 Å². The molecule has 0 atom stereocenters. The molecule has 0 radical (unpaired) electrons. The van der Waals surface area contributed by atoms with E-state index in [-0.39, 0.29) is 0 Å². The molecule has 84 valence electrons. The Labute approximate surface area is 96.9 Å². The number of nitrogens with zero attached hydrogens (tertiary/aromatic N) is 2. The zero-order valence-corrected chi connectivity index (χ0v) is 10.1. The summed E-state index contributed by atoms with van der Waals surface area (Å²) in [7, 11) is 1.98. The molecule has 0 aliphatic carbocycles. The van der Waals surface area contributed by atoms with E-state index in [0.717, 1.165) is 6.42 Å². The van der Waals surface area contributed by atoms with Gasteiger partial charge in [0, 0.05) is 18.8 Å². The highest BCUT2D eigenvalue weighted by Gasteiger charge is 2.04. The summed E-state index contributed by atoms with van der Waals surface area (Å²) >= 11 is 0. The van der Waals surface area contributed by atoms with Crippen molar-refractivity contribution in [1.29, 1.82) is 0 Å². The summed E-state index contributed by atoms with van der Waals surface area (Å²) in [5, 5.41) is 4.20. The van der Waals surface area contributed by atoms with Crippen LogP contribution in [0.1, 0.15) is 19.4 Å². The molecule has 0 saturated carbocycles. The Morgan fingerprint density at radius 3 is 2.69 bits per heavy atom. The standard InChI is InChI=1S/C14H18N2/c1-11(2)9-12-5-4-6-13(10-12)14-7-8-15-16(14)3/h4-8,10-11H,9H2,1-3H3. The number of hydrogen-bond donors (Lipinski definition) is 0. The van der Waals surface area contributed by atoms with Crippen molar-refractivity contribution in [3.63, 3.8) is 0 Å². The molecule has 0 bridgehead atoms. The molecular formula is C14H18N2. The fourth-order valence-corrected chi connectivity index (χ4v) is 1.99. The van der Waals surface area contributed by atoms with Crippen LogP contribution in [-0.2, 0) is 13.5 Å². The van der Waals surface area contributed by atoms with Gasteiger partial charge in [0.1, 0.15) is 0 Å². The first-order valence-corrected chi connectivity index (χ1v) is 5.74. The first kappa shape index (κ1) is 10.9. The number of aryl methyl sites for hydroxylation is 1. The van der Waals surface area contributed by atoms with E-state index in [2.05, 4.69) is 49.3 Å². The van der Waals surface area contributed by atoms with Crippen LogP contribution in [-0.4, -0.2) is 9.78 Å². The minimum Gasteiger partial charge on any atom is -0.268 e. The Balaban J connectivity index is 2.33. The second-order valence-corrected chi connectivity index (χ2v) is 4.64. The maximum Gasteiger partial charge on any atom is 0.0678 e. The molecule has 0 amide bonds. The molecule has 1 heterocycles. The second-order valence-electron chi connectivity index (χ2n) is 4.64. The summed E-state index contributed by atoms with van der Waals surface area (Å²) in [6, 6.07) is 10.8. The number of rotatable bonds is 3. The lowest BCUT2D eigenvalue weighted by Gasteiger charge is -2.07. The zero-order chi connectivity index (χ0) is 11.5. The van der Waals surface area contributed by atoms with E-state index < -0.39 is 0 Å². The van der Waals surface area contributed by atoms with Crippen LogP contribution in [0, 0.1) is 5.92 Å². The van der Waals surface area contributed by atoms with Gasteiger partial charge >= 0.3 is 0 Å². The normalized spacial score (nSPS) is 11.0. The maximum absolute atomic E-state index is 4.20. The van der Waals surface area contributed by atoms with Crippen molar-refractivity contribution in [3.05, 3.63) is 42.1 Å². The lowest BCUT2D eigenvalue weighted by Crippen LogP contribution is -1.96. The van der Waals surface area contributed by atoms with Gasteiger partial charge in [-0.25, -0.2) is 0 Å². The predicted octanol–water partition coefficient (Wildman–Crippen LogP) is 3.29. The van der Waals surface area contributed by atoms with Crippen LogP contribution in [0.2, 0.25) is 0 Å². The quantitative estimate of drug-likeness (QED) is 0.766. The minimum atomic E-state index is 0.696. The van der Waals surface area contributed by atoms with Gasteiger partial charge in [-0.05, 0) is 30.0 Å². The minimum absolute atomic E-state index is 0.696. The number of hydrogen-bond acceptors (Lipinski definition) is 1. The molecule has 16 heavy (non-hydrogen) atoms. The van der Waals surface area contributed by atoms with Gasteiger partial charge < -0.3 is 0 Å². The SMILES string of the molecule is CC(C)Cc1cccc(-c2ccnn2C)c1. The highest BCUT2D eigenvalue weighted by Crippen LogP contribution is 2.20. The monoisotopic (exact) mass is 214 g/mol. The van der Waals surface area contributed by atoms with Crippen molar-refractivity contribution < 1.29 is 0 Å². The van der Waals surface area contributed by atoms with E-state index in [1.165, 1.54) is 16.8 Å². The van der Waals surface area contributed by atoms with Gasteiger partial charge in [0.05, 0.1) is 5.69 Å². The van der Waals surface area contributed by atoms with E-state index in [1.807, 2.05) is 17.9 Å². The van der Waals surface area contributed by atoms with Gasteiger partial charge in [-0.15, -0.1) is 0 Å². The average molecular weight is 214 g/mol. The lowest BCUT2D eigenvalue weighted by atomic mass is 10.00. The van der Waals surface area contributed by atoms with E-state index in [9.17, 15) is 0 Å². The second kappa shape index (κ2) is 4.52. The molecule has 2 nitrogen and oxygen atoms in total. The molecule has 0 fully saturated rings. The molecule has 0 unspecified atom stereocenters. The van der Waals surface area contributed by atoms with Crippen LogP contribution in [0.15, 0.2) is 36.5 Å². The molecule has 2 heteroatoms. The Morgan fingerprint density at radius 2 is 2.06 bits per heavy atom. The van der Waals surface area contributed by atoms with Crippen molar-refractivity contribution in [2.45, 2.75) is 20.3 Å². The van der Waals surface area contributed by atoms with Crippen molar-refractivity contribution >= 4 is 0 Å². The Morgan fingerprint density at radius 1 is 1.25 bits per heavy atom. The van der Waals surface area contributed by atoms with Gasteiger partial charge in [0.15, 0.2) is 0 Å². The summed E-state index contributed by atoms with van der Waals surface area (Å²) < 4.78 is 1.91. The molecule has 1 aromatic heterocycles. The van der Waals surface area contributed by atoms with Gasteiger partial charge in [0.25, 0.3) is 0 Å².